The minimum absolute atomic E-state index is 0.00953. The van der Waals surface area contributed by atoms with Gasteiger partial charge in [0.15, 0.2) is 0 Å². The molecule has 0 saturated carbocycles. The smallest absolute Gasteiger partial charge is 0.237 e. The van der Waals surface area contributed by atoms with Crippen LogP contribution in [0.4, 0.5) is 0 Å². The summed E-state index contributed by atoms with van der Waals surface area (Å²) < 4.78 is 0. The molecule has 122 valence electrons. The third-order valence-corrected chi connectivity index (χ3v) is 3.78. The molecule has 1 amide bonds. The Bertz CT molecular complexity index is 620. The number of benzene rings is 2. The van der Waals surface area contributed by atoms with Gasteiger partial charge >= 0.3 is 0 Å². The van der Waals surface area contributed by atoms with Gasteiger partial charge < -0.3 is 5.32 Å². The van der Waals surface area contributed by atoms with E-state index in [9.17, 15) is 4.79 Å². The van der Waals surface area contributed by atoms with Crippen LogP contribution in [0.3, 0.4) is 0 Å². The molecule has 0 fully saturated rings. The summed E-state index contributed by atoms with van der Waals surface area (Å²) in [6.07, 6.45) is 0. The number of hydrogen-bond acceptors (Lipinski definition) is 2. The van der Waals surface area contributed by atoms with Crippen molar-refractivity contribution in [3.63, 3.8) is 0 Å². The molecule has 0 unspecified atom stereocenters. The SMILES string of the molecule is Cc1ccc([C@H](N[C@@H](C)C(=O)NC(C)C)c2ccccc2)cc1. The third-order valence-electron chi connectivity index (χ3n) is 3.78. The Kier molecular flexibility index (Phi) is 5.94. The van der Waals surface area contributed by atoms with E-state index in [-0.39, 0.29) is 24.0 Å². The van der Waals surface area contributed by atoms with E-state index >= 15 is 0 Å². The van der Waals surface area contributed by atoms with Crippen molar-refractivity contribution in [2.75, 3.05) is 0 Å². The van der Waals surface area contributed by atoms with E-state index in [0.29, 0.717) is 0 Å². The molecule has 0 spiro atoms. The summed E-state index contributed by atoms with van der Waals surface area (Å²) in [5.74, 6) is 0.0213. The Labute approximate surface area is 139 Å². The molecule has 0 saturated heterocycles. The normalized spacial score (nSPS) is 13.6. The minimum atomic E-state index is -0.274. The maximum atomic E-state index is 12.2. The van der Waals surface area contributed by atoms with Gasteiger partial charge in [0.05, 0.1) is 12.1 Å². The second kappa shape index (κ2) is 7.93. The molecule has 2 atom stereocenters. The predicted molar refractivity (Wildman–Crippen MR) is 95.3 cm³/mol. The molecule has 2 rings (SSSR count). The van der Waals surface area contributed by atoms with Gasteiger partial charge in [-0.1, -0.05) is 60.2 Å². The Hall–Kier alpha value is -2.13. The van der Waals surface area contributed by atoms with Gasteiger partial charge in [-0.3, -0.25) is 10.1 Å². The fourth-order valence-electron chi connectivity index (χ4n) is 2.52. The number of amides is 1. The molecule has 23 heavy (non-hydrogen) atoms. The maximum absolute atomic E-state index is 12.2. The van der Waals surface area contributed by atoms with Crippen molar-refractivity contribution in [3.8, 4) is 0 Å². The molecule has 0 aliphatic heterocycles. The summed E-state index contributed by atoms with van der Waals surface area (Å²) in [6, 6.07) is 18.5. The Morgan fingerprint density at radius 1 is 0.870 bits per heavy atom. The molecular formula is C20H26N2O. The fourth-order valence-corrected chi connectivity index (χ4v) is 2.52. The van der Waals surface area contributed by atoms with Crippen LogP contribution in [0.25, 0.3) is 0 Å². The van der Waals surface area contributed by atoms with Crippen molar-refractivity contribution in [3.05, 3.63) is 71.3 Å². The zero-order valence-corrected chi connectivity index (χ0v) is 14.3. The van der Waals surface area contributed by atoms with Gasteiger partial charge in [-0.25, -0.2) is 0 Å². The molecule has 2 N–H and O–H groups in total. The highest BCUT2D eigenvalue weighted by Gasteiger charge is 2.20. The van der Waals surface area contributed by atoms with Crippen LogP contribution < -0.4 is 10.6 Å². The van der Waals surface area contributed by atoms with Gasteiger partial charge in [-0.05, 0) is 38.8 Å². The quantitative estimate of drug-likeness (QED) is 0.856. The predicted octanol–water partition coefficient (Wildman–Crippen LogP) is 3.59. The van der Waals surface area contributed by atoms with E-state index in [4.69, 9.17) is 0 Å². The first-order valence-corrected chi connectivity index (χ1v) is 8.15. The van der Waals surface area contributed by atoms with Crippen LogP contribution >= 0.6 is 0 Å². The standard InChI is InChI=1S/C20H26N2O/c1-14(2)21-20(23)16(4)22-19(17-8-6-5-7-9-17)18-12-10-15(3)11-13-18/h5-14,16,19,22H,1-4H3,(H,21,23)/t16-,19+/m0/s1. The monoisotopic (exact) mass is 310 g/mol. The van der Waals surface area contributed by atoms with Crippen molar-refractivity contribution in [2.45, 2.75) is 45.8 Å². The van der Waals surface area contributed by atoms with Crippen LogP contribution in [0, 0.1) is 6.92 Å². The maximum Gasteiger partial charge on any atom is 0.237 e. The van der Waals surface area contributed by atoms with E-state index in [1.807, 2.05) is 39.0 Å². The zero-order chi connectivity index (χ0) is 16.8. The largest absolute Gasteiger partial charge is 0.353 e. The lowest BCUT2D eigenvalue weighted by molar-refractivity contribution is -0.123. The van der Waals surface area contributed by atoms with Gasteiger partial charge in [-0.2, -0.15) is 0 Å². The lowest BCUT2D eigenvalue weighted by Gasteiger charge is -2.24. The highest BCUT2D eigenvalue weighted by Crippen LogP contribution is 2.23. The van der Waals surface area contributed by atoms with Crippen LogP contribution in [-0.4, -0.2) is 18.0 Å². The van der Waals surface area contributed by atoms with Crippen molar-refractivity contribution < 1.29 is 4.79 Å². The molecule has 0 aliphatic carbocycles. The van der Waals surface area contributed by atoms with E-state index < -0.39 is 0 Å². The van der Waals surface area contributed by atoms with Crippen molar-refractivity contribution in [1.29, 1.82) is 0 Å². The molecule has 2 aromatic rings. The van der Waals surface area contributed by atoms with Crippen LogP contribution in [-0.2, 0) is 4.79 Å². The number of rotatable bonds is 6. The van der Waals surface area contributed by atoms with E-state index in [0.717, 1.165) is 11.1 Å². The zero-order valence-electron chi connectivity index (χ0n) is 14.3. The second-order valence-corrected chi connectivity index (χ2v) is 6.31. The van der Waals surface area contributed by atoms with E-state index in [1.54, 1.807) is 0 Å². The molecule has 0 bridgehead atoms. The van der Waals surface area contributed by atoms with Crippen molar-refractivity contribution in [2.24, 2.45) is 0 Å². The molecule has 2 aromatic carbocycles. The fraction of sp³-hybridized carbons (Fsp3) is 0.350. The van der Waals surface area contributed by atoms with Gasteiger partial charge in [-0.15, -0.1) is 0 Å². The number of nitrogens with one attached hydrogen (secondary N) is 2. The lowest BCUT2D eigenvalue weighted by atomic mass is 9.97. The summed E-state index contributed by atoms with van der Waals surface area (Å²) in [4.78, 5) is 12.2. The molecule has 0 aromatic heterocycles. The summed E-state index contributed by atoms with van der Waals surface area (Å²) in [6.45, 7) is 7.92. The second-order valence-electron chi connectivity index (χ2n) is 6.31. The summed E-state index contributed by atoms with van der Waals surface area (Å²) in [5.41, 5.74) is 3.54. The van der Waals surface area contributed by atoms with Crippen LogP contribution in [0.1, 0.15) is 43.5 Å². The van der Waals surface area contributed by atoms with E-state index in [1.165, 1.54) is 5.56 Å². The van der Waals surface area contributed by atoms with E-state index in [2.05, 4.69) is 54.0 Å². The lowest BCUT2D eigenvalue weighted by Crippen LogP contribution is -2.46. The van der Waals surface area contributed by atoms with Gasteiger partial charge in [0.1, 0.15) is 0 Å². The summed E-state index contributed by atoms with van der Waals surface area (Å²) >= 11 is 0. The Morgan fingerprint density at radius 2 is 1.43 bits per heavy atom. The summed E-state index contributed by atoms with van der Waals surface area (Å²) in [7, 11) is 0. The molecule has 0 radical (unpaired) electrons. The first-order valence-electron chi connectivity index (χ1n) is 8.15. The third kappa shape index (κ3) is 4.93. The summed E-state index contributed by atoms with van der Waals surface area (Å²) in [5, 5.41) is 6.42. The highest BCUT2D eigenvalue weighted by atomic mass is 16.2. The average molecular weight is 310 g/mol. The van der Waals surface area contributed by atoms with Gasteiger partial charge in [0.2, 0.25) is 5.91 Å². The minimum Gasteiger partial charge on any atom is -0.353 e. The molecular weight excluding hydrogens is 284 g/mol. The molecule has 0 aliphatic rings. The molecule has 3 nitrogen and oxygen atoms in total. The van der Waals surface area contributed by atoms with Crippen molar-refractivity contribution >= 4 is 5.91 Å². The number of carbonyl (C=O) groups is 1. The van der Waals surface area contributed by atoms with Gasteiger partial charge in [0, 0.05) is 6.04 Å². The van der Waals surface area contributed by atoms with Crippen molar-refractivity contribution in [1.82, 2.24) is 10.6 Å². The highest BCUT2D eigenvalue weighted by molar-refractivity contribution is 5.81. The first kappa shape index (κ1) is 17.2. The topological polar surface area (TPSA) is 41.1 Å². The first-order chi connectivity index (χ1) is 11.0. The van der Waals surface area contributed by atoms with Gasteiger partial charge in [0.25, 0.3) is 0 Å². The average Bonchev–Trinajstić information content (AvgIpc) is 2.53. The van der Waals surface area contributed by atoms with Crippen LogP contribution in [0.2, 0.25) is 0 Å². The number of aryl methyl sites for hydroxylation is 1. The number of carbonyl (C=O) groups excluding carboxylic acids is 1. The van der Waals surface area contributed by atoms with Crippen LogP contribution in [0.5, 0.6) is 0 Å². The Morgan fingerprint density at radius 3 is 2.00 bits per heavy atom. The molecule has 0 heterocycles. The Balaban J connectivity index is 2.24. The number of hydrogen-bond donors (Lipinski definition) is 2. The van der Waals surface area contributed by atoms with Crippen LogP contribution in [0.15, 0.2) is 54.6 Å². The molecule has 3 heteroatoms.